The topological polar surface area (TPSA) is 174 Å². The number of ether oxygens (including phenoxy) is 1. The molecule has 1 aromatic rings. The number of carboxylic acid groups (broad SMARTS) is 1. The normalized spacial score (nSPS) is 18.7. The molecular weight excluding hydrogens is 406 g/mol. The van der Waals surface area contributed by atoms with Gasteiger partial charge in [0.1, 0.15) is 18.6 Å². The zero-order valence-electron chi connectivity index (χ0n) is 15.2. The monoisotopic (exact) mass is 425 g/mol. The van der Waals surface area contributed by atoms with Crippen molar-refractivity contribution in [3.8, 4) is 0 Å². The van der Waals surface area contributed by atoms with Crippen LogP contribution in [0, 0.1) is 0 Å². The molecule has 29 heavy (non-hydrogen) atoms. The fraction of sp³-hybridized carbons (Fsp3) is 0.500. The van der Waals surface area contributed by atoms with Gasteiger partial charge in [-0.25, -0.2) is 14.6 Å². The lowest BCUT2D eigenvalue weighted by Crippen LogP contribution is -2.43. The summed E-state index contributed by atoms with van der Waals surface area (Å²) in [5, 5.41) is 17.0. The molecule has 13 heteroatoms. The average Bonchev–Trinajstić information content (AvgIpc) is 3.20. The van der Waals surface area contributed by atoms with Crippen LogP contribution in [0.4, 0.5) is 9.93 Å². The van der Waals surface area contributed by atoms with Gasteiger partial charge >= 0.3 is 12.1 Å². The van der Waals surface area contributed by atoms with Crippen molar-refractivity contribution in [3.63, 3.8) is 0 Å². The molecule has 0 bridgehead atoms. The first-order valence-electron chi connectivity index (χ1n) is 8.73. The van der Waals surface area contributed by atoms with E-state index >= 15 is 0 Å². The van der Waals surface area contributed by atoms with Crippen LogP contribution in [-0.2, 0) is 24.0 Å². The zero-order chi connectivity index (χ0) is 21.0. The SMILES string of the molecule is Nc1nc(/C(=N/OC2(C(=O)O)CC2)C(=O)N[C@H](C=O)CCN2CCOC2=O)cs1. The van der Waals surface area contributed by atoms with Crippen molar-refractivity contribution < 1.29 is 33.9 Å². The van der Waals surface area contributed by atoms with E-state index in [1.54, 1.807) is 0 Å². The lowest BCUT2D eigenvalue weighted by molar-refractivity contribution is -0.153. The second-order valence-corrected chi connectivity index (χ2v) is 7.40. The zero-order valence-corrected chi connectivity index (χ0v) is 16.0. The highest BCUT2D eigenvalue weighted by molar-refractivity contribution is 7.13. The Morgan fingerprint density at radius 2 is 2.31 bits per heavy atom. The standard InChI is InChI=1S/C16H19N5O7S/c17-14-19-10(8-29-14)11(20-28-16(2-3-16)13(24)25)12(23)18-9(7-22)1-4-21-5-6-27-15(21)26/h7-9H,1-6H2,(H2,17,19)(H,18,23)(H,24,25)/b20-11-/t9-/m0/s1. The van der Waals surface area contributed by atoms with Crippen molar-refractivity contribution in [2.24, 2.45) is 5.16 Å². The number of aliphatic carboxylic acids is 1. The summed E-state index contributed by atoms with van der Waals surface area (Å²) in [6, 6.07) is -0.911. The number of thiazole rings is 1. The lowest BCUT2D eigenvalue weighted by Gasteiger charge is -2.17. The number of amides is 2. The number of hydrogen-bond donors (Lipinski definition) is 3. The Balaban J connectivity index is 1.69. The summed E-state index contributed by atoms with van der Waals surface area (Å²) >= 11 is 1.06. The third kappa shape index (κ3) is 4.80. The molecule has 2 heterocycles. The van der Waals surface area contributed by atoms with E-state index < -0.39 is 29.6 Å². The number of nitrogens with zero attached hydrogens (tertiary/aromatic N) is 3. The van der Waals surface area contributed by atoms with Gasteiger partial charge in [0.25, 0.3) is 5.91 Å². The van der Waals surface area contributed by atoms with Crippen molar-refractivity contribution in [2.45, 2.75) is 30.9 Å². The molecule has 1 aromatic heterocycles. The lowest BCUT2D eigenvalue weighted by atomic mass is 10.2. The van der Waals surface area contributed by atoms with E-state index in [4.69, 9.17) is 15.3 Å². The van der Waals surface area contributed by atoms with Crippen LogP contribution in [0.25, 0.3) is 0 Å². The van der Waals surface area contributed by atoms with Crippen molar-refractivity contribution in [1.82, 2.24) is 15.2 Å². The van der Waals surface area contributed by atoms with Gasteiger partial charge in [0.2, 0.25) is 5.60 Å². The number of carbonyl (C=O) groups excluding carboxylic acids is 3. The van der Waals surface area contributed by atoms with Gasteiger partial charge in [-0.3, -0.25) is 4.79 Å². The Kier molecular flexibility index (Phi) is 5.96. The van der Waals surface area contributed by atoms with Gasteiger partial charge in [-0.05, 0) is 6.42 Å². The molecule has 1 aliphatic carbocycles. The third-order valence-electron chi connectivity index (χ3n) is 4.42. The van der Waals surface area contributed by atoms with Crippen LogP contribution in [0.5, 0.6) is 0 Å². The van der Waals surface area contributed by atoms with E-state index in [0.29, 0.717) is 12.8 Å². The predicted octanol–water partition coefficient (Wildman–Crippen LogP) is -0.411. The summed E-state index contributed by atoms with van der Waals surface area (Å²) in [5.41, 5.74) is 3.95. The number of aldehydes is 1. The molecule has 1 saturated carbocycles. The minimum Gasteiger partial charge on any atom is -0.478 e. The fourth-order valence-corrected chi connectivity index (χ4v) is 3.07. The van der Waals surface area contributed by atoms with Crippen LogP contribution < -0.4 is 11.1 Å². The van der Waals surface area contributed by atoms with Crippen molar-refractivity contribution in [3.05, 3.63) is 11.1 Å². The van der Waals surface area contributed by atoms with Crippen molar-refractivity contribution in [2.75, 3.05) is 25.4 Å². The van der Waals surface area contributed by atoms with Gasteiger partial charge < -0.3 is 35.4 Å². The fourth-order valence-electron chi connectivity index (χ4n) is 2.53. The highest BCUT2D eigenvalue weighted by Crippen LogP contribution is 2.40. The van der Waals surface area contributed by atoms with Gasteiger partial charge in [-0.2, -0.15) is 0 Å². The van der Waals surface area contributed by atoms with Gasteiger partial charge in [0.05, 0.1) is 12.6 Å². The number of oxime groups is 1. The van der Waals surface area contributed by atoms with Crippen LogP contribution in [0.3, 0.4) is 0 Å². The average molecular weight is 425 g/mol. The van der Waals surface area contributed by atoms with Gasteiger partial charge in [0.15, 0.2) is 10.8 Å². The highest BCUT2D eigenvalue weighted by atomic mass is 32.1. The molecule has 2 aliphatic rings. The molecule has 3 rings (SSSR count). The minimum absolute atomic E-state index is 0.0963. The number of carbonyl (C=O) groups is 4. The van der Waals surface area contributed by atoms with Crippen LogP contribution in [0.2, 0.25) is 0 Å². The second-order valence-electron chi connectivity index (χ2n) is 6.51. The van der Waals surface area contributed by atoms with Crippen LogP contribution in [0.1, 0.15) is 25.0 Å². The first kappa shape index (κ1) is 20.5. The van der Waals surface area contributed by atoms with Crippen molar-refractivity contribution >= 4 is 46.4 Å². The molecule has 0 aromatic carbocycles. The van der Waals surface area contributed by atoms with Gasteiger partial charge in [-0.15, -0.1) is 11.3 Å². The molecule has 4 N–H and O–H groups in total. The van der Waals surface area contributed by atoms with E-state index in [1.807, 2.05) is 0 Å². The van der Waals surface area contributed by atoms with Crippen LogP contribution in [0.15, 0.2) is 10.5 Å². The molecule has 0 spiro atoms. The largest absolute Gasteiger partial charge is 0.478 e. The van der Waals surface area contributed by atoms with E-state index in [1.165, 1.54) is 10.3 Å². The predicted molar refractivity (Wildman–Crippen MR) is 99.3 cm³/mol. The first-order chi connectivity index (χ1) is 13.8. The first-order valence-corrected chi connectivity index (χ1v) is 9.61. The maximum Gasteiger partial charge on any atom is 0.409 e. The molecule has 156 valence electrons. The van der Waals surface area contributed by atoms with E-state index in [2.05, 4.69) is 15.5 Å². The Morgan fingerprint density at radius 1 is 1.55 bits per heavy atom. The Labute approximate surface area is 168 Å². The summed E-state index contributed by atoms with van der Waals surface area (Å²) in [6.07, 6.45) is 0.757. The molecule has 1 aliphatic heterocycles. The van der Waals surface area contributed by atoms with Crippen molar-refractivity contribution in [1.29, 1.82) is 0 Å². The van der Waals surface area contributed by atoms with Gasteiger partial charge in [-0.1, -0.05) is 5.16 Å². The smallest absolute Gasteiger partial charge is 0.409 e. The second kappa shape index (κ2) is 8.43. The number of nitrogens with two attached hydrogens (primary N) is 1. The number of aromatic nitrogens is 1. The van der Waals surface area contributed by atoms with Gasteiger partial charge in [0, 0.05) is 24.8 Å². The molecular formula is C16H19N5O7S. The third-order valence-corrected chi connectivity index (χ3v) is 5.09. The molecule has 12 nitrogen and oxygen atoms in total. The number of carboxylic acids is 1. The number of hydrogen-bond acceptors (Lipinski definition) is 10. The van der Waals surface area contributed by atoms with Crippen LogP contribution in [-0.4, -0.2) is 76.3 Å². The number of anilines is 1. The minimum atomic E-state index is -1.45. The Bertz CT molecular complexity index is 850. The van der Waals surface area contributed by atoms with E-state index in [9.17, 15) is 24.3 Å². The summed E-state index contributed by atoms with van der Waals surface area (Å²) < 4.78 is 4.81. The number of nitrogen functional groups attached to an aromatic ring is 1. The number of nitrogens with one attached hydrogen (secondary N) is 1. The summed E-state index contributed by atoms with van der Waals surface area (Å²) in [4.78, 5) is 57.3. The molecule has 1 atom stereocenters. The maximum absolute atomic E-state index is 12.7. The Morgan fingerprint density at radius 3 is 2.83 bits per heavy atom. The summed E-state index contributed by atoms with van der Waals surface area (Å²) in [7, 11) is 0. The molecule has 2 amide bonds. The number of rotatable bonds is 10. The quantitative estimate of drug-likeness (QED) is 0.256. The summed E-state index contributed by atoms with van der Waals surface area (Å²) in [6.45, 7) is 0.910. The van der Waals surface area contributed by atoms with E-state index in [0.717, 1.165) is 11.3 Å². The summed E-state index contributed by atoms with van der Waals surface area (Å²) in [5.74, 6) is -1.96. The molecule has 0 unspecified atom stereocenters. The van der Waals surface area contributed by atoms with E-state index in [-0.39, 0.29) is 49.0 Å². The molecule has 1 saturated heterocycles. The highest BCUT2D eigenvalue weighted by Gasteiger charge is 2.54. The Hall–Kier alpha value is -3.22. The van der Waals surface area contributed by atoms with Crippen LogP contribution >= 0.6 is 11.3 Å². The molecule has 0 radical (unpaired) electrons. The number of cyclic esters (lactones) is 1. The maximum atomic E-state index is 12.7. The molecule has 2 fully saturated rings.